The van der Waals surface area contributed by atoms with Crippen LogP contribution in [0.3, 0.4) is 0 Å². The Morgan fingerprint density at radius 1 is 1.20 bits per heavy atom. The molecule has 2 aromatic rings. The van der Waals surface area contributed by atoms with Crippen LogP contribution in [0, 0.1) is 0 Å². The summed E-state index contributed by atoms with van der Waals surface area (Å²) < 4.78 is 27.9. The fraction of sp³-hybridized carbons (Fsp3) is 0.429. The van der Waals surface area contributed by atoms with Crippen molar-refractivity contribution < 1.29 is 13.2 Å². The van der Waals surface area contributed by atoms with Gasteiger partial charge in [-0.25, -0.2) is 8.42 Å². The van der Waals surface area contributed by atoms with Crippen LogP contribution < -0.4 is 10.9 Å². The minimum absolute atomic E-state index is 0.0273. The first-order valence-electron chi connectivity index (χ1n) is 10.1. The van der Waals surface area contributed by atoms with E-state index in [0.29, 0.717) is 30.1 Å². The molecule has 1 amide bonds. The van der Waals surface area contributed by atoms with Crippen molar-refractivity contribution in [3.8, 4) is 0 Å². The van der Waals surface area contributed by atoms with Crippen molar-refractivity contribution in [2.45, 2.75) is 45.2 Å². The van der Waals surface area contributed by atoms with Crippen molar-refractivity contribution in [3.63, 3.8) is 0 Å². The maximum Gasteiger partial charge on any atom is 0.250 e. The van der Waals surface area contributed by atoms with E-state index in [2.05, 4.69) is 5.32 Å². The quantitative estimate of drug-likeness (QED) is 0.700. The summed E-state index contributed by atoms with van der Waals surface area (Å²) in [6.45, 7) is 2.42. The molecule has 0 bridgehead atoms. The number of hydrogen-bond donors (Lipinski definition) is 1. The van der Waals surface area contributed by atoms with E-state index in [1.807, 2.05) is 18.2 Å². The predicted molar refractivity (Wildman–Crippen MR) is 118 cm³/mol. The highest BCUT2D eigenvalue weighted by atomic mass is 35.5. The number of aromatic nitrogens is 1. The van der Waals surface area contributed by atoms with Gasteiger partial charge in [-0.05, 0) is 37.0 Å². The average Bonchev–Trinajstić information content (AvgIpc) is 2.72. The van der Waals surface area contributed by atoms with Gasteiger partial charge in [0.1, 0.15) is 6.04 Å². The number of nitrogens with one attached hydrogen (secondary N) is 1. The molecular weight excluding hydrogens is 426 g/mol. The number of pyridine rings is 1. The van der Waals surface area contributed by atoms with Gasteiger partial charge in [-0.3, -0.25) is 9.59 Å². The Kier molecular flexibility index (Phi) is 7.33. The molecule has 1 aliphatic heterocycles. The number of nitrogens with zero attached hydrogens (tertiary/aromatic N) is 2. The molecule has 9 heteroatoms. The van der Waals surface area contributed by atoms with Gasteiger partial charge < -0.3 is 9.88 Å². The summed E-state index contributed by atoms with van der Waals surface area (Å²) in [7, 11) is -3.48. The van der Waals surface area contributed by atoms with Crippen LogP contribution in [0.2, 0.25) is 5.02 Å². The van der Waals surface area contributed by atoms with Gasteiger partial charge in [0.15, 0.2) is 0 Å². The Bertz CT molecular complexity index is 1070. The molecule has 1 unspecified atom stereocenters. The molecule has 0 aliphatic carbocycles. The molecule has 0 radical (unpaired) electrons. The molecule has 0 spiro atoms. The number of halogens is 1. The SMILES string of the molecule is CCCS(=O)(=O)N1CCCCC1C(=O)Nc1ccc(=O)n(Cc2ccccc2Cl)c1. The molecule has 2 heterocycles. The highest BCUT2D eigenvalue weighted by molar-refractivity contribution is 7.89. The highest BCUT2D eigenvalue weighted by Gasteiger charge is 2.36. The van der Waals surface area contributed by atoms with E-state index in [9.17, 15) is 18.0 Å². The number of sulfonamides is 1. The zero-order chi connectivity index (χ0) is 21.7. The zero-order valence-electron chi connectivity index (χ0n) is 16.9. The Morgan fingerprint density at radius 3 is 2.70 bits per heavy atom. The number of amides is 1. The van der Waals surface area contributed by atoms with Crippen LogP contribution in [0.5, 0.6) is 0 Å². The third kappa shape index (κ3) is 5.30. The van der Waals surface area contributed by atoms with Crippen molar-refractivity contribution in [2.24, 2.45) is 0 Å². The molecule has 7 nitrogen and oxygen atoms in total. The van der Waals surface area contributed by atoms with Gasteiger partial charge >= 0.3 is 0 Å². The van der Waals surface area contributed by atoms with Gasteiger partial charge in [0.2, 0.25) is 15.9 Å². The molecule has 1 aromatic carbocycles. The molecule has 0 saturated carbocycles. The lowest BCUT2D eigenvalue weighted by Gasteiger charge is -2.33. The summed E-state index contributed by atoms with van der Waals surface area (Å²) in [6.07, 6.45) is 4.07. The Morgan fingerprint density at radius 2 is 1.97 bits per heavy atom. The van der Waals surface area contributed by atoms with Gasteiger partial charge in [0.25, 0.3) is 5.56 Å². The second kappa shape index (κ2) is 9.76. The second-order valence-corrected chi connectivity index (χ2v) is 9.85. The van der Waals surface area contributed by atoms with E-state index in [0.717, 1.165) is 18.4 Å². The first kappa shape index (κ1) is 22.5. The fourth-order valence-corrected chi connectivity index (χ4v) is 5.58. The van der Waals surface area contributed by atoms with Crippen molar-refractivity contribution in [1.29, 1.82) is 0 Å². The monoisotopic (exact) mass is 451 g/mol. The van der Waals surface area contributed by atoms with Gasteiger partial charge in [-0.15, -0.1) is 0 Å². The van der Waals surface area contributed by atoms with E-state index in [-0.39, 0.29) is 23.8 Å². The van der Waals surface area contributed by atoms with E-state index < -0.39 is 16.1 Å². The maximum absolute atomic E-state index is 12.9. The molecule has 1 fully saturated rings. The molecule has 30 heavy (non-hydrogen) atoms. The number of hydrogen-bond acceptors (Lipinski definition) is 4. The molecular formula is C21H26ClN3O4S. The van der Waals surface area contributed by atoms with E-state index in [4.69, 9.17) is 11.6 Å². The van der Waals surface area contributed by atoms with Crippen LogP contribution in [0.15, 0.2) is 47.4 Å². The van der Waals surface area contributed by atoms with Crippen molar-refractivity contribution in [1.82, 2.24) is 8.87 Å². The number of piperidine rings is 1. The molecule has 1 aromatic heterocycles. The van der Waals surface area contributed by atoms with Crippen LogP contribution in [0.4, 0.5) is 5.69 Å². The zero-order valence-corrected chi connectivity index (χ0v) is 18.5. The van der Waals surface area contributed by atoms with E-state index in [1.165, 1.54) is 21.0 Å². The molecule has 1 atom stereocenters. The van der Waals surface area contributed by atoms with Crippen LogP contribution in [-0.4, -0.2) is 41.5 Å². The van der Waals surface area contributed by atoms with Crippen molar-refractivity contribution in [2.75, 3.05) is 17.6 Å². The summed E-state index contributed by atoms with van der Waals surface area (Å²) in [5, 5.41) is 3.34. The smallest absolute Gasteiger partial charge is 0.250 e. The molecule has 1 N–H and O–H groups in total. The van der Waals surface area contributed by atoms with Gasteiger partial charge in [0, 0.05) is 23.8 Å². The lowest BCUT2D eigenvalue weighted by atomic mass is 10.0. The molecule has 1 aliphatic rings. The third-order valence-corrected chi connectivity index (χ3v) is 7.57. The fourth-order valence-electron chi connectivity index (χ4n) is 3.64. The standard InChI is InChI=1S/C21H26ClN3O4S/c1-2-13-30(28,29)25-12-6-5-9-19(25)21(27)23-17-10-11-20(26)24(15-17)14-16-7-3-4-8-18(16)22/h3-4,7-8,10-11,15,19H,2,5-6,9,12-14H2,1H3,(H,23,27). The first-order valence-corrected chi connectivity index (χ1v) is 12.0. The Labute approximate surface area is 181 Å². The third-order valence-electron chi connectivity index (χ3n) is 5.13. The van der Waals surface area contributed by atoms with Crippen LogP contribution in [0.25, 0.3) is 0 Å². The predicted octanol–water partition coefficient (Wildman–Crippen LogP) is 3.08. The second-order valence-electron chi connectivity index (χ2n) is 7.40. The van der Waals surface area contributed by atoms with Crippen LogP contribution >= 0.6 is 11.6 Å². The lowest BCUT2D eigenvalue weighted by Crippen LogP contribution is -2.50. The molecule has 162 valence electrons. The summed E-state index contributed by atoms with van der Waals surface area (Å²) >= 11 is 6.19. The molecule has 1 saturated heterocycles. The lowest BCUT2D eigenvalue weighted by molar-refractivity contribution is -0.120. The summed E-state index contributed by atoms with van der Waals surface area (Å²) in [6, 6.07) is 9.40. The highest BCUT2D eigenvalue weighted by Crippen LogP contribution is 2.23. The Balaban J connectivity index is 1.79. The van der Waals surface area contributed by atoms with Crippen LogP contribution in [-0.2, 0) is 21.4 Å². The number of benzene rings is 1. The van der Waals surface area contributed by atoms with E-state index in [1.54, 1.807) is 19.2 Å². The minimum atomic E-state index is -3.48. The normalized spacial score (nSPS) is 17.6. The van der Waals surface area contributed by atoms with Gasteiger partial charge in [0.05, 0.1) is 18.0 Å². The molecule has 3 rings (SSSR count). The first-order chi connectivity index (χ1) is 14.3. The number of anilines is 1. The van der Waals surface area contributed by atoms with Gasteiger partial charge in [-0.2, -0.15) is 4.31 Å². The summed E-state index contributed by atoms with van der Waals surface area (Å²) in [4.78, 5) is 25.2. The largest absolute Gasteiger partial charge is 0.323 e. The number of rotatable bonds is 7. The average molecular weight is 452 g/mol. The Hall–Kier alpha value is -2.16. The number of carbonyl (C=O) groups excluding carboxylic acids is 1. The van der Waals surface area contributed by atoms with Crippen molar-refractivity contribution >= 4 is 33.2 Å². The minimum Gasteiger partial charge on any atom is -0.323 e. The van der Waals surface area contributed by atoms with E-state index >= 15 is 0 Å². The summed E-state index contributed by atoms with van der Waals surface area (Å²) in [5.41, 5.74) is 0.997. The number of carbonyl (C=O) groups is 1. The van der Waals surface area contributed by atoms with Gasteiger partial charge in [-0.1, -0.05) is 43.1 Å². The maximum atomic E-state index is 12.9. The van der Waals surface area contributed by atoms with Crippen molar-refractivity contribution in [3.05, 3.63) is 63.5 Å². The summed E-state index contributed by atoms with van der Waals surface area (Å²) in [5.74, 6) is -0.350. The van der Waals surface area contributed by atoms with Crippen LogP contribution in [0.1, 0.15) is 38.2 Å². The topological polar surface area (TPSA) is 88.5 Å².